The van der Waals surface area contributed by atoms with E-state index in [0.29, 0.717) is 11.3 Å². The van der Waals surface area contributed by atoms with Crippen molar-refractivity contribution >= 4 is 17.2 Å². The van der Waals surface area contributed by atoms with Crippen molar-refractivity contribution in [3.05, 3.63) is 35.6 Å². The van der Waals surface area contributed by atoms with E-state index >= 15 is 0 Å². The molecule has 0 radical (unpaired) electrons. The smallest absolute Gasteiger partial charge is 0.376 e. The number of rotatable bonds is 3. The van der Waals surface area contributed by atoms with Crippen LogP contribution in [0.3, 0.4) is 0 Å². The SMILES string of the molecule is COC(=O)C(ON)=C(C)c1ccc(N)cc1. The molecule has 0 saturated carbocycles. The summed E-state index contributed by atoms with van der Waals surface area (Å²) in [5.41, 5.74) is 7.58. The molecule has 4 N–H and O–H groups in total. The zero-order valence-corrected chi connectivity index (χ0v) is 9.19. The Morgan fingerprint density at radius 3 is 2.25 bits per heavy atom. The molecule has 0 atom stereocenters. The van der Waals surface area contributed by atoms with Gasteiger partial charge in [-0.1, -0.05) is 12.1 Å². The minimum atomic E-state index is -0.614. The van der Waals surface area contributed by atoms with Gasteiger partial charge >= 0.3 is 5.97 Å². The number of hydrogen-bond donors (Lipinski definition) is 2. The van der Waals surface area contributed by atoms with Gasteiger partial charge in [0.05, 0.1) is 7.11 Å². The first-order chi connectivity index (χ1) is 7.60. The molecule has 0 fully saturated rings. The number of carbonyl (C=O) groups is 1. The average Bonchev–Trinajstić information content (AvgIpc) is 2.30. The maximum atomic E-state index is 11.3. The highest BCUT2D eigenvalue weighted by atomic mass is 16.6. The summed E-state index contributed by atoms with van der Waals surface area (Å²) in [5, 5.41) is 0. The number of methoxy groups -OCH3 is 1. The van der Waals surface area contributed by atoms with E-state index in [1.807, 2.05) is 0 Å². The lowest BCUT2D eigenvalue weighted by molar-refractivity contribution is -0.140. The van der Waals surface area contributed by atoms with Crippen LogP contribution in [0.5, 0.6) is 0 Å². The minimum absolute atomic E-state index is 0.0210. The zero-order valence-electron chi connectivity index (χ0n) is 9.19. The van der Waals surface area contributed by atoms with Crippen LogP contribution in [0.25, 0.3) is 5.57 Å². The molecule has 86 valence electrons. The highest BCUT2D eigenvalue weighted by Gasteiger charge is 2.15. The maximum Gasteiger partial charge on any atom is 0.376 e. The molecular weight excluding hydrogens is 208 g/mol. The lowest BCUT2D eigenvalue weighted by atomic mass is 10.1. The molecule has 0 spiro atoms. The largest absolute Gasteiger partial charge is 0.463 e. The van der Waals surface area contributed by atoms with E-state index < -0.39 is 5.97 Å². The first kappa shape index (κ1) is 12.1. The number of allylic oxidation sites excluding steroid dienone is 1. The quantitative estimate of drug-likeness (QED) is 0.262. The predicted molar refractivity (Wildman–Crippen MR) is 60.7 cm³/mol. The van der Waals surface area contributed by atoms with E-state index in [9.17, 15) is 4.79 Å². The van der Waals surface area contributed by atoms with Crippen molar-refractivity contribution in [1.29, 1.82) is 0 Å². The van der Waals surface area contributed by atoms with Gasteiger partial charge in [0.15, 0.2) is 0 Å². The second kappa shape index (κ2) is 5.18. The van der Waals surface area contributed by atoms with Gasteiger partial charge in [-0.2, -0.15) is 5.90 Å². The van der Waals surface area contributed by atoms with Gasteiger partial charge < -0.3 is 15.3 Å². The molecule has 0 heterocycles. The summed E-state index contributed by atoms with van der Waals surface area (Å²) in [6, 6.07) is 6.99. The van der Waals surface area contributed by atoms with Gasteiger partial charge in [0.25, 0.3) is 0 Å². The molecule has 0 unspecified atom stereocenters. The van der Waals surface area contributed by atoms with Crippen LogP contribution < -0.4 is 11.6 Å². The van der Waals surface area contributed by atoms with Crippen molar-refractivity contribution in [2.75, 3.05) is 12.8 Å². The zero-order chi connectivity index (χ0) is 12.1. The van der Waals surface area contributed by atoms with Crippen LogP contribution in [-0.4, -0.2) is 13.1 Å². The Bertz CT molecular complexity index is 410. The highest BCUT2D eigenvalue weighted by Crippen LogP contribution is 2.20. The van der Waals surface area contributed by atoms with E-state index in [1.165, 1.54) is 7.11 Å². The molecule has 0 bridgehead atoms. The van der Waals surface area contributed by atoms with Gasteiger partial charge in [0.2, 0.25) is 5.76 Å². The Morgan fingerprint density at radius 1 is 1.25 bits per heavy atom. The number of anilines is 1. The van der Waals surface area contributed by atoms with Crippen LogP contribution in [0.4, 0.5) is 5.69 Å². The van der Waals surface area contributed by atoms with Crippen LogP contribution in [0, 0.1) is 0 Å². The summed E-state index contributed by atoms with van der Waals surface area (Å²) in [6.07, 6.45) is 0. The van der Waals surface area contributed by atoms with Crippen molar-refractivity contribution in [2.45, 2.75) is 6.92 Å². The molecule has 0 saturated heterocycles. The lowest BCUT2D eigenvalue weighted by Gasteiger charge is -2.08. The lowest BCUT2D eigenvalue weighted by Crippen LogP contribution is -2.13. The third-order valence-electron chi connectivity index (χ3n) is 2.17. The summed E-state index contributed by atoms with van der Waals surface area (Å²) >= 11 is 0. The fourth-order valence-corrected chi connectivity index (χ4v) is 1.25. The number of esters is 1. The normalized spacial score (nSPS) is 11.7. The first-order valence-corrected chi connectivity index (χ1v) is 4.62. The van der Waals surface area contributed by atoms with E-state index in [1.54, 1.807) is 31.2 Å². The predicted octanol–water partition coefficient (Wildman–Crippen LogP) is 1.06. The van der Waals surface area contributed by atoms with Gasteiger partial charge in [0.1, 0.15) is 0 Å². The van der Waals surface area contributed by atoms with Gasteiger partial charge in [-0.15, -0.1) is 0 Å². The number of nitrogens with two attached hydrogens (primary N) is 2. The fraction of sp³-hybridized carbons (Fsp3) is 0.182. The second-order valence-electron chi connectivity index (χ2n) is 3.19. The molecule has 5 heteroatoms. The van der Waals surface area contributed by atoms with Crippen LogP contribution in [-0.2, 0) is 14.4 Å². The molecule has 1 rings (SSSR count). The van der Waals surface area contributed by atoms with Gasteiger partial charge in [0, 0.05) is 11.3 Å². The molecule has 0 aliphatic rings. The van der Waals surface area contributed by atoms with Gasteiger partial charge in [-0.3, -0.25) is 0 Å². The Kier molecular flexibility index (Phi) is 3.90. The van der Waals surface area contributed by atoms with E-state index in [-0.39, 0.29) is 5.76 Å². The third kappa shape index (κ3) is 2.52. The Balaban J connectivity index is 3.14. The second-order valence-corrected chi connectivity index (χ2v) is 3.19. The average molecular weight is 222 g/mol. The van der Waals surface area contributed by atoms with E-state index in [2.05, 4.69) is 9.57 Å². The standard InChI is InChI=1S/C11H14N2O3/c1-7(10(16-13)11(14)15-2)8-3-5-9(12)6-4-8/h3-6H,12-13H2,1-2H3. The molecule has 0 aromatic heterocycles. The Labute approximate surface area is 93.6 Å². The molecule has 0 aliphatic heterocycles. The molecule has 1 aromatic carbocycles. The summed E-state index contributed by atoms with van der Waals surface area (Å²) in [7, 11) is 1.26. The summed E-state index contributed by atoms with van der Waals surface area (Å²) in [4.78, 5) is 15.8. The molecule has 1 aromatic rings. The van der Waals surface area contributed by atoms with Crippen molar-refractivity contribution in [3.8, 4) is 0 Å². The molecule has 16 heavy (non-hydrogen) atoms. The van der Waals surface area contributed by atoms with Crippen molar-refractivity contribution in [2.24, 2.45) is 5.90 Å². The van der Waals surface area contributed by atoms with E-state index in [0.717, 1.165) is 5.56 Å². The summed E-state index contributed by atoms with van der Waals surface area (Å²) in [5.74, 6) is 4.40. The molecular formula is C11H14N2O3. The number of carbonyl (C=O) groups excluding carboxylic acids is 1. The molecule has 0 aliphatic carbocycles. The Morgan fingerprint density at radius 2 is 1.81 bits per heavy atom. The third-order valence-corrected chi connectivity index (χ3v) is 2.17. The Hall–Kier alpha value is -2.01. The number of hydrogen-bond acceptors (Lipinski definition) is 5. The van der Waals surface area contributed by atoms with Crippen molar-refractivity contribution < 1.29 is 14.4 Å². The summed E-state index contributed by atoms with van der Waals surface area (Å²) in [6.45, 7) is 1.71. The minimum Gasteiger partial charge on any atom is -0.463 e. The monoisotopic (exact) mass is 222 g/mol. The van der Waals surface area contributed by atoms with Crippen LogP contribution in [0.15, 0.2) is 30.0 Å². The van der Waals surface area contributed by atoms with Crippen molar-refractivity contribution in [3.63, 3.8) is 0 Å². The van der Waals surface area contributed by atoms with Gasteiger partial charge in [-0.05, 0) is 24.6 Å². The summed E-state index contributed by atoms with van der Waals surface area (Å²) < 4.78 is 4.54. The number of nitrogen functional groups attached to an aromatic ring is 1. The molecule has 0 amide bonds. The number of benzene rings is 1. The van der Waals surface area contributed by atoms with Crippen LogP contribution in [0.2, 0.25) is 0 Å². The maximum absolute atomic E-state index is 11.3. The first-order valence-electron chi connectivity index (χ1n) is 4.62. The van der Waals surface area contributed by atoms with Crippen LogP contribution >= 0.6 is 0 Å². The number of ether oxygens (including phenoxy) is 1. The van der Waals surface area contributed by atoms with E-state index in [4.69, 9.17) is 11.6 Å². The molecule has 5 nitrogen and oxygen atoms in total. The topological polar surface area (TPSA) is 87.6 Å². The fourth-order valence-electron chi connectivity index (χ4n) is 1.25. The van der Waals surface area contributed by atoms with Gasteiger partial charge in [-0.25, -0.2) is 4.79 Å². The van der Waals surface area contributed by atoms with Crippen molar-refractivity contribution in [1.82, 2.24) is 0 Å². The highest BCUT2D eigenvalue weighted by molar-refractivity contribution is 5.95. The van der Waals surface area contributed by atoms with Crippen LogP contribution in [0.1, 0.15) is 12.5 Å².